The van der Waals surface area contributed by atoms with Gasteiger partial charge < -0.3 is 14.8 Å². The third-order valence-corrected chi connectivity index (χ3v) is 4.21. The molecule has 0 radical (unpaired) electrons. The van der Waals surface area contributed by atoms with Crippen molar-refractivity contribution in [3.05, 3.63) is 35.4 Å². The van der Waals surface area contributed by atoms with Crippen LogP contribution in [0.3, 0.4) is 0 Å². The molecule has 0 heterocycles. The van der Waals surface area contributed by atoms with E-state index in [1.54, 1.807) is 14.2 Å². The SMILES string of the molecule is COCCNCC(Cc1ccccc1C)C(C)CCOC. The summed E-state index contributed by atoms with van der Waals surface area (Å²) in [6.45, 7) is 8.08. The highest BCUT2D eigenvalue weighted by atomic mass is 16.5. The van der Waals surface area contributed by atoms with Gasteiger partial charge in [0, 0.05) is 27.4 Å². The van der Waals surface area contributed by atoms with Crippen molar-refractivity contribution in [2.45, 2.75) is 26.7 Å². The van der Waals surface area contributed by atoms with Gasteiger partial charge in [-0.1, -0.05) is 31.2 Å². The molecule has 0 aliphatic carbocycles. The third-order valence-electron chi connectivity index (χ3n) is 4.21. The Morgan fingerprint density at radius 2 is 1.81 bits per heavy atom. The Morgan fingerprint density at radius 3 is 2.48 bits per heavy atom. The molecule has 2 atom stereocenters. The molecule has 0 saturated carbocycles. The monoisotopic (exact) mass is 293 g/mol. The van der Waals surface area contributed by atoms with Crippen molar-refractivity contribution >= 4 is 0 Å². The number of ether oxygens (including phenoxy) is 2. The highest BCUT2D eigenvalue weighted by Gasteiger charge is 2.18. The molecule has 120 valence electrons. The van der Waals surface area contributed by atoms with Crippen LogP contribution in [-0.2, 0) is 15.9 Å². The molecule has 0 bridgehead atoms. The Morgan fingerprint density at radius 1 is 1.10 bits per heavy atom. The summed E-state index contributed by atoms with van der Waals surface area (Å²) in [6.07, 6.45) is 2.23. The smallest absolute Gasteiger partial charge is 0.0587 e. The van der Waals surface area contributed by atoms with Crippen molar-refractivity contribution < 1.29 is 9.47 Å². The van der Waals surface area contributed by atoms with E-state index in [1.165, 1.54) is 11.1 Å². The van der Waals surface area contributed by atoms with Gasteiger partial charge in [0.1, 0.15) is 0 Å². The van der Waals surface area contributed by atoms with E-state index in [-0.39, 0.29) is 0 Å². The Balaban J connectivity index is 2.59. The molecule has 2 unspecified atom stereocenters. The van der Waals surface area contributed by atoms with E-state index in [1.807, 2.05) is 0 Å². The first kappa shape index (κ1) is 18.1. The largest absolute Gasteiger partial charge is 0.385 e. The minimum atomic E-state index is 0.623. The number of hydrogen-bond donors (Lipinski definition) is 1. The lowest BCUT2D eigenvalue weighted by atomic mass is 9.85. The van der Waals surface area contributed by atoms with Crippen molar-refractivity contribution in [1.29, 1.82) is 0 Å². The van der Waals surface area contributed by atoms with Gasteiger partial charge in [-0.25, -0.2) is 0 Å². The van der Waals surface area contributed by atoms with Crippen molar-refractivity contribution in [1.82, 2.24) is 5.32 Å². The van der Waals surface area contributed by atoms with E-state index in [0.717, 1.165) is 39.1 Å². The third kappa shape index (κ3) is 7.07. The number of nitrogens with one attached hydrogen (secondary N) is 1. The van der Waals surface area contributed by atoms with Crippen LogP contribution < -0.4 is 5.32 Å². The summed E-state index contributed by atoms with van der Waals surface area (Å²) in [5.41, 5.74) is 2.85. The molecule has 1 aromatic carbocycles. The number of hydrogen-bond acceptors (Lipinski definition) is 3. The zero-order valence-electron chi connectivity index (χ0n) is 14.0. The molecule has 0 aliphatic heterocycles. The molecule has 0 saturated heterocycles. The molecule has 3 nitrogen and oxygen atoms in total. The van der Waals surface area contributed by atoms with Gasteiger partial charge in [0.05, 0.1) is 6.61 Å². The van der Waals surface area contributed by atoms with Crippen LogP contribution in [0.15, 0.2) is 24.3 Å². The van der Waals surface area contributed by atoms with Crippen molar-refractivity contribution in [3.63, 3.8) is 0 Å². The highest BCUT2D eigenvalue weighted by Crippen LogP contribution is 2.22. The fraction of sp³-hybridized carbons (Fsp3) is 0.667. The lowest BCUT2D eigenvalue weighted by molar-refractivity contribution is 0.161. The molecule has 1 N–H and O–H groups in total. The first-order chi connectivity index (χ1) is 10.2. The molecule has 0 amide bonds. The van der Waals surface area contributed by atoms with Crippen molar-refractivity contribution in [2.24, 2.45) is 11.8 Å². The van der Waals surface area contributed by atoms with E-state index < -0.39 is 0 Å². The quantitative estimate of drug-likeness (QED) is 0.636. The van der Waals surface area contributed by atoms with Crippen LogP contribution in [0.25, 0.3) is 0 Å². The summed E-state index contributed by atoms with van der Waals surface area (Å²) in [5.74, 6) is 1.26. The summed E-state index contributed by atoms with van der Waals surface area (Å²) in [5, 5.41) is 3.52. The summed E-state index contributed by atoms with van der Waals surface area (Å²) in [6, 6.07) is 8.70. The van der Waals surface area contributed by atoms with E-state index in [4.69, 9.17) is 9.47 Å². The first-order valence-corrected chi connectivity index (χ1v) is 7.92. The number of benzene rings is 1. The number of aryl methyl sites for hydroxylation is 1. The molecule has 1 aromatic rings. The molecular weight excluding hydrogens is 262 g/mol. The number of rotatable bonds is 11. The number of methoxy groups -OCH3 is 2. The second kappa shape index (κ2) is 10.8. The van der Waals surface area contributed by atoms with E-state index in [0.29, 0.717) is 11.8 Å². The standard InChI is InChI=1S/C18H31NO2/c1-15-7-5-6-8-17(15)13-18(14-19-10-12-21-4)16(2)9-11-20-3/h5-8,16,18-19H,9-14H2,1-4H3. The second-order valence-electron chi connectivity index (χ2n) is 5.85. The van der Waals surface area contributed by atoms with Crippen LogP contribution in [0.5, 0.6) is 0 Å². The molecule has 3 heteroatoms. The summed E-state index contributed by atoms with van der Waals surface area (Å²) >= 11 is 0. The van der Waals surface area contributed by atoms with Crippen LogP contribution in [0, 0.1) is 18.8 Å². The molecule has 0 aliphatic rings. The Hall–Kier alpha value is -0.900. The molecule has 0 fully saturated rings. The van der Waals surface area contributed by atoms with Crippen molar-refractivity contribution in [2.75, 3.05) is 40.5 Å². The fourth-order valence-electron chi connectivity index (χ4n) is 2.60. The fourth-order valence-corrected chi connectivity index (χ4v) is 2.60. The maximum atomic E-state index is 5.24. The highest BCUT2D eigenvalue weighted by molar-refractivity contribution is 5.26. The van der Waals surface area contributed by atoms with Crippen LogP contribution >= 0.6 is 0 Å². The topological polar surface area (TPSA) is 30.5 Å². The van der Waals surface area contributed by atoms with Gasteiger partial charge >= 0.3 is 0 Å². The molecule has 0 spiro atoms. The lowest BCUT2D eigenvalue weighted by Crippen LogP contribution is -2.31. The minimum Gasteiger partial charge on any atom is -0.385 e. The van der Waals surface area contributed by atoms with Gasteiger partial charge in [-0.05, 0) is 49.3 Å². The Kier molecular flexibility index (Phi) is 9.31. The molecule has 1 rings (SSSR count). The summed E-state index contributed by atoms with van der Waals surface area (Å²) in [4.78, 5) is 0. The van der Waals surface area contributed by atoms with Gasteiger partial charge in [-0.15, -0.1) is 0 Å². The normalized spacial score (nSPS) is 14.1. The van der Waals surface area contributed by atoms with Gasteiger partial charge in [0.2, 0.25) is 0 Å². The maximum absolute atomic E-state index is 5.24. The van der Waals surface area contributed by atoms with E-state index in [2.05, 4.69) is 43.4 Å². The van der Waals surface area contributed by atoms with Crippen LogP contribution in [0.2, 0.25) is 0 Å². The van der Waals surface area contributed by atoms with Gasteiger partial charge in [-0.3, -0.25) is 0 Å². The zero-order valence-corrected chi connectivity index (χ0v) is 14.0. The van der Waals surface area contributed by atoms with E-state index >= 15 is 0 Å². The Bertz CT molecular complexity index is 381. The maximum Gasteiger partial charge on any atom is 0.0587 e. The zero-order chi connectivity index (χ0) is 15.5. The Labute approximate surface area is 130 Å². The van der Waals surface area contributed by atoms with Crippen molar-refractivity contribution in [3.8, 4) is 0 Å². The average Bonchev–Trinajstić information content (AvgIpc) is 2.49. The van der Waals surface area contributed by atoms with Crippen LogP contribution in [0.1, 0.15) is 24.5 Å². The van der Waals surface area contributed by atoms with E-state index in [9.17, 15) is 0 Å². The lowest BCUT2D eigenvalue weighted by Gasteiger charge is -2.25. The van der Waals surface area contributed by atoms with Crippen LogP contribution in [-0.4, -0.2) is 40.5 Å². The van der Waals surface area contributed by atoms with Gasteiger partial charge in [-0.2, -0.15) is 0 Å². The van der Waals surface area contributed by atoms with Gasteiger partial charge in [0.15, 0.2) is 0 Å². The summed E-state index contributed by atoms with van der Waals surface area (Å²) < 4.78 is 10.3. The minimum absolute atomic E-state index is 0.623. The molecule has 0 aromatic heterocycles. The first-order valence-electron chi connectivity index (χ1n) is 7.92. The predicted octanol–water partition coefficient (Wildman–Crippen LogP) is 3.06. The van der Waals surface area contributed by atoms with Gasteiger partial charge in [0.25, 0.3) is 0 Å². The second-order valence-corrected chi connectivity index (χ2v) is 5.85. The summed E-state index contributed by atoms with van der Waals surface area (Å²) in [7, 11) is 3.52. The molecular formula is C18H31NO2. The predicted molar refractivity (Wildman–Crippen MR) is 88.8 cm³/mol. The average molecular weight is 293 g/mol. The molecule has 21 heavy (non-hydrogen) atoms. The van der Waals surface area contributed by atoms with Crippen LogP contribution in [0.4, 0.5) is 0 Å².